The van der Waals surface area contributed by atoms with Crippen molar-refractivity contribution in [3.05, 3.63) is 77.9 Å². The van der Waals surface area contributed by atoms with Crippen molar-refractivity contribution in [3.8, 4) is 28.4 Å². The van der Waals surface area contributed by atoms with Gasteiger partial charge in [0.25, 0.3) is 5.91 Å². The SMILES string of the molecule is COc1cc(/C=C(\C(=O)OCC(N)=O)c2ccc(-c3ccccc3)cc2)cc(OC)c1OC. The Labute approximate surface area is 192 Å². The van der Waals surface area contributed by atoms with E-state index in [0.29, 0.717) is 28.4 Å². The zero-order chi connectivity index (χ0) is 23.8. The molecule has 0 atom stereocenters. The lowest BCUT2D eigenvalue weighted by atomic mass is 9.98. The molecule has 7 nitrogen and oxygen atoms in total. The number of primary amides is 1. The first-order valence-corrected chi connectivity index (χ1v) is 10.1. The third kappa shape index (κ3) is 5.71. The number of methoxy groups -OCH3 is 3. The number of ether oxygens (including phenoxy) is 4. The first-order chi connectivity index (χ1) is 16.0. The summed E-state index contributed by atoms with van der Waals surface area (Å²) < 4.78 is 21.3. The van der Waals surface area contributed by atoms with Crippen LogP contribution in [0.5, 0.6) is 17.2 Å². The summed E-state index contributed by atoms with van der Waals surface area (Å²) in [6.45, 7) is -0.520. The summed E-state index contributed by atoms with van der Waals surface area (Å²) in [5.74, 6) is -0.119. The fourth-order valence-electron chi connectivity index (χ4n) is 3.30. The minimum absolute atomic E-state index is 0.241. The number of esters is 1. The van der Waals surface area contributed by atoms with Gasteiger partial charge in [0, 0.05) is 0 Å². The average molecular weight is 447 g/mol. The Hall–Kier alpha value is -4.26. The Balaban J connectivity index is 2.06. The molecular weight excluding hydrogens is 422 g/mol. The van der Waals surface area contributed by atoms with E-state index in [1.54, 1.807) is 18.2 Å². The molecule has 3 aromatic carbocycles. The van der Waals surface area contributed by atoms with Crippen LogP contribution >= 0.6 is 0 Å². The molecule has 0 aliphatic heterocycles. The van der Waals surface area contributed by atoms with Crippen LogP contribution in [0, 0.1) is 0 Å². The Kier molecular flexibility index (Phi) is 7.70. The highest BCUT2D eigenvalue weighted by molar-refractivity contribution is 6.22. The van der Waals surface area contributed by atoms with Gasteiger partial charge in [-0.25, -0.2) is 4.79 Å². The molecular formula is C26H25NO6. The van der Waals surface area contributed by atoms with Crippen LogP contribution in [0.15, 0.2) is 66.7 Å². The van der Waals surface area contributed by atoms with Crippen molar-refractivity contribution in [2.45, 2.75) is 0 Å². The Bertz CT molecular complexity index is 1130. The minimum atomic E-state index is -0.741. The van der Waals surface area contributed by atoms with Crippen LogP contribution < -0.4 is 19.9 Å². The van der Waals surface area contributed by atoms with Gasteiger partial charge in [0.1, 0.15) is 0 Å². The maximum Gasteiger partial charge on any atom is 0.339 e. The predicted octanol–water partition coefficient (Wildman–Crippen LogP) is 3.95. The molecule has 33 heavy (non-hydrogen) atoms. The van der Waals surface area contributed by atoms with Crippen LogP contribution in [-0.2, 0) is 14.3 Å². The second-order valence-electron chi connectivity index (χ2n) is 7.00. The maximum absolute atomic E-state index is 12.9. The number of benzene rings is 3. The van der Waals surface area contributed by atoms with Gasteiger partial charge in [-0.3, -0.25) is 4.79 Å². The molecule has 3 aromatic rings. The lowest BCUT2D eigenvalue weighted by molar-refractivity contribution is -0.141. The third-order valence-corrected chi connectivity index (χ3v) is 4.87. The molecule has 0 aromatic heterocycles. The monoisotopic (exact) mass is 447 g/mol. The predicted molar refractivity (Wildman–Crippen MR) is 126 cm³/mol. The molecule has 2 N–H and O–H groups in total. The molecule has 7 heteroatoms. The molecule has 0 heterocycles. The second-order valence-corrected chi connectivity index (χ2v) is 7.00. The first-order valence-electron chi connectivity index (χ1n) is 10.1. The van der Waals surface area contributed by atoms with Crippen molar-refractivity contribution in [1.29, 1.82) is 0 Å². The number of carbonyl (C=O) groups excluding carboxylic acids is 2. The highest BCUT2D eigenvalue weighted by Gasteiger charge is 2.18. The van der Waals surface area contributed by atoms with Crippen molar-refractivity contribution in [1.82, 2.24) is 0 Å². The molecule has 0 aliphatic rings. The van der Waals surface area contributed by atoms with Gasteiger partial charge in [-0.2, -0.15) is 0 Å². The van der Waals surface area contributed by atoms with E-state index in [4.69, 9.17) is 24.7 Å². The lowest BCUT2D eigenvalue weighted by Crippen LogP contribution is -2.21. The topological polar surface area (TPSA) is 97.1 Å². The summed E-state index contributed by atoms with van der Waals surface area (Å²) in [5, 5.41) is 0. The van der Waals surface area contributed by atoms with Gasteiger partial charge in [0.2, 0.25) is 5.75 Å². The fourth-order valence-corrected chi connectivity index (χ4v) is 3.30. The van der Waals surface area contributed by atoms with Crippen molar-refractivity contribution in [2.75, 3.05) is 27.9 Å². The van der Waals surface area contributed by atoms with E-state index in [9.17, 15) is 9.59 Å². The zero-order valence-corrected chi connectivity index (χ0v) is 18.7. The lowest BCUT2D eigenvalue weighted by Gasteiger charge is -2.14. The Morgan fingerprint density at radius 2 is 1.39 bits per heavy atom. The first kappa shape index (κ1) is 23.4. The molecule has 3 rings (SSSR count). The van der Waals surface area contributed by atoms with E-state index >= 15 is 0 Å². The molecule has 1 amide bonds. The summed E-state index contributed by atoms with van der Waals surface area (Å²) in [4.78, 5) is 24.0. The highest BCUT2D eigenvalue weighted by atomic mass is 16.5. The van der Waals surface area contributed by atoms with Gasteiger partial charge in [0.15, 0.2) is 18.1 Å². The van der Waals surface area contributed by atoms with E-state index < -0.39 is 18.5 Å². The van der Waals surface area contributed by atoms with Crippen molar-refractivity contribution in [3.63, 3.8) is 0 Å². The summed E-state index contributed by atoms with van der Waals surface area (Å²) in [6, 6.07) is 20.7. The van der Waals surface area contributed by atoms with Crippen molar-refractivity contribution >= 4 is 23.5 Å². The summed E-state index contributed by atoms with van der Waals surface area (Å²) in [5.41, 5.74) is 8.65. The van der Waals surface area contributed by atoms with E-state index in [0.717, 1.165) is 11.1 Å². The molecule has 170 valence electrons. The molecule has 0 spiro atoms. The van der Waals surface area contributed by atoms with Crippen molar-refractivity contribution in [2.24, 2.45) is 5.73 Å². The van der Waals surface area contributed by atoms with Crippen LogP contribution in [-0.4, -0.2) is 39.8 Å². The highest BCUT2D eigenvalue weighted by Crippen LogP contribution is 2.39. The summed E-state index contributed by atoms with van der Waals surface area (Å²) in [7, 11) is 4.53. The van der Waals surface area contributed by atoms with Gasteiger partial charge in [-0.15, -0.1) is 0 Å². The van der Waals surface area contributed by atoms with Crippen LogP contribution in [0.1, 0.15) is 11.1 Å². The van der Waals surface area contributed by atoms with Crippen LogP contribution in [0.25, 0.3) is 22.8 Å². The quantitative estimate of drug-likeness (QED) is 0.303. The average Bonchev–Trinajstić information content (AvgIpc) is 2.85. The van der Waals surface area contributed by atoms with Gasteiger partial charge in [-0.1, -0.05) is 54.6 Å². The Morgan fingerprint density at radius 3 is 1.91 bits per heavy atom. The molecule has 0 unspecified atom stereocenters. The standard InChI is InChI=1S/C26H25NO6/c1-30-22-14-17(15-23(31-2)25(22)32-3)13-21(26(29)33-16-24(27)28)20-11-9-19(10-12-20)18-7-5-4-6-8-18/h4-15H,16H2,1-3H3,(H2,27,28)/b21-13-. The van der Waals surface area contributed by atoms with E-state index in [-0.39, 0.29) is 5.57 Å². The fraction of sp³-hybridized carbons (Fsp3) is 0.154. The van der Waals surface area contributed by atoms with Crippen LogP contribution in [0.2, 0.25) is 0 Å². The minimum Gasteiger partial charge on any atom is -0.493 e. The van der Waals surface area contributed by atoms with Gasteiger partial charge in [-0.05, 0) is 40.5 Å². The van der Waals surface area contributed by atoms with Gasteiger partial charge >= 0.3 is 5.97 Å². The van der Waals surface area contributed by atoms with E-state index in [1.165, 1.54) is 21.3 Å². The molecule has 0 saturated heterocycles. The number of nitrogens with two attached hydrogens (primary N) is 1. The number of hydrogen-bond acceptors (Lipinski definition) is 6. The number of amides is 1. The molecule has 0 fully saturated rings. The molecule has 0 aliphatic carbocycles. The number of hydrogen-bond donors (Lipinski definition) is 1. The molecule has 0 radical (unpaired) electrons. The number of carbonyl (C=O) groups is 2. The number of rotatable bonds is 9. The van der Waals surface area contributed by atoms with Crippen LogP contribution in [0.4, 0.5) is 0 Å². The summed E-state index contributed by atoms with van der Waals surface area (Å²) in [6.07, 6.45) is 1.63. The van der Waals surface area contributed by atoms with Crippen molar-refractivity contribution < 1.29 is 28.5 Å². The molecule has 0 bridgehead atoms. The molecule has 0 saturated carbocycles. The van der Waals surface area contributed by atoms with Crippen LogP contribution in [0.3, 0.4) is 0 Å². The second kappa shape index (κ2) is 10.9. The smallest absolute Gasteiger partial charge is 0.339 e. The summed E-state index contributed by atoms with van der Waals surface area (Å²) >= 11 is 0. The van der Waals surface area contributed by atoms with Gasteiger partial charge < -0.3 is 24.7 Å². The normalized spacial score (nSPS) is 10.9. The van der Waals surface area contributed by atoms with Gasteiger partial charge in [0.05, 0.1) is 26.9 Å². The van der Waals surface area contributed by atoms with E-state index in [1.807, 2.05) is 54.6 Å². The zero-order valence-electron chi connectivity index (χ0n) is 18.7. The third-order valence-electron chi connectivity index (χ3n) is 4.87. The maximum atomic E-state index is 12.9. The van der Waals surface area contributed by atoms with E-state index in [2.05, 4.69) is 0 Å². The Morgan fingerprint density at radius 1 is 0.818 bits per heavy atom. The largest absolute Gasteiger partial charge is 0.493 e.